The van der Waals surface area contributed by atoms with Crippen molar-refractivity contribution in [2.75, 3.05) is 39.3 Å². The van der Waals surface area contributed by atoms with Gasteiger partial charge in [-0.25, -0.2) is 0 Å². The van der Waals surface area contributed by atoms with E-state index in [2.05, 4.69) is 4.90 Å². The van der Waals surface area contributed by atoms with Crippen LogP contribution in [-0.2, 0) is 11.0 Å². The molecule has 1 aromatic rings. The fourth-order valence-corrected chi connectivity index (χ4v) is 3.46. The van der Waals surface area contributed by atoms with Crippen molar-refractivity contribution in [2.45, 2.75) is 18.5 Å². The average molecular weight is 342 g/mol. The van der Waals surface area contributed by atoms with Crippen molar-refractivity contribution in [1.29, 1.82) is 0 Å². The number of carbonyl (C=O) groups is 1. The molecule has 1 saturated carbocycles. The number of rotatable bonds is 4. The Morgan fingerprint density at radius 2 is 1.83 bits per heavy atom. The Morgan fingerprint density at radius 1 is 1.17 bits per heavy atom. The molecule has 2 fully saturated rings. The molecule has 132 valence electrons. The Bertz CT molecular complexity index is 598. The zero-order chi connectivity index (χ0) is 17.3. The highest BCUT2D eigenvalue weighted by atomic mass is 19.4. The fourth-order valence-electron chi connectivity index (χ4n) is 3.46. The number of nitrogens with zero attached hydrogens (tertiary/aromatic N) is 2. The minimum atomic E-state index is -4.39. The van der Waals surface area contributed by atoms with Crippen molar-refractivity contribution in [2.24, 2.45) is 5.92 Å². The molecular formula is C17H21F3N2O2. The minimum absolute atomic E-state index is 0.0411. The molecular weight excluding hydrogens is 321 g/mol. The lowest BCUT2D eigenvalue weighted by Crippen LogP contribution is -2.49. The predicted molar refractivity (Wildman–Crippen MR) is 82.4 cm³/mol. The van der Waals surface area contributed by atoms with E-state index in [-0.39, 0.29) is 29.9 Å². The number of alkyl halides is 3. The van der Waals surface area contributed by atoms with E-state index in [4.69, 9.17) is 5.11 Å². The van der Waals surface area contributed by atoms with Gasteiger partial charge in [-0.05, 0) is 24.0 Å². The normalized spacial score (nSPS) is 24.9. The molecule has 7 heteroatoms. The van der Waals surface area contributed by atoms with Gasteiger partial charge in [-0.2, -0.15) is 13.2 Å². The van der Waals surface area contributed by atoms with Crippen molar-refractivity contribution in [3.05, 3.63) is 35.4 Å². The number of aliphatic hydroxyl groups is 1. The number of halogens is 3. The SMILES string of the molecule is O=C([C@@H]1C[C@H]1c1ccccc1C(F)(F)F)N1CCN(CCO)CC1. The van der Waals surface area contributed by atoms with Crippen molar-refractivity contribution in [3.8, 4) is 0 Å². The fraction of sp³-hybridized carbons (Fsp3) is 0.588. The summed E-state index contributed by atoms with van der Waals surface area (Å²) in [4.78, 5) is 16.4. The van der Waals surface area contributed by atoms with Crippen LogP contribution in [0.2, 0.25) is 0 Å². The number of amides is 1. The number of β-amino-alcohol motifs (C(OH)–C–C–N with tert-alkyl or cyclic N) is 1. The summed E-state index contributed by atoms with van der Waals surface area (Å²) in [5, 5.41) is 8.93. The Balaban J connectivity index is 1.63. The zero-order valence-electron chi connectivity index (χ0n) is 13.3. The second-order valence-electron chi connectivity index (χ2n) is 6.42. The van der Waals surface area contributed by atoms with Gasteiger partial charge in [0.15, 0.2) is 0 Å². The molecule has 1 saturated heterocycles. The molecule has 1 N–H and O–H groups in total. The van der Waals surface area contributed by atoms with E-state index in [9.17, 15) is 18.0 Å². The molecule has 1 aliphatic carbocycles. The quantitative estimate of drug-likeness (QED) is 0.910. The third kappa shape index (κ3) is 3.57. The van der Waals surface area contributed by atoms with Crippen molar-refractivity contribution >= 4 is 5.91 Å². The lowest BCUT2D eigenvalue weighted by Gasteiger charge is -2.34. The second-order valence-corrected chi connectivity index (χ2v) is 6.42. The highest BCUT2D eigenvalue weighted by Crippen LogP contribution is 2.51. The monoisotopic (exact) mass is 342 g/mol. The van der Waals surface area contributed by atoms with E-state index < -0.39 is 11.7 Å². The summed E-state index contributed by atoms with van der Waals surface area (Å²) in [7, 11) is 0. The molecule has 0 aromatic heterocycles. The lowest BCUT2D eigenvalue weighted by molar-refractivity contribution is -0.139. The summed E-state index contributed by atoms with van der Waals surface area (Å²) >= 11 is 0. The first kappa shape index (κ1) is 17.2. The maximum Gasteiger partial charge on any atom is 0.416 e. The van der Waals surface area contributed by atoms with E-state index in [1.807, 2.05) is 0 Å². The molecule has 4 nitrogen and oxygen atoms in total. The van der Waals surface area contributed by atoms with Crippen LogP contribution in [0.1, 0.15) is 23.5 Å². The molecule has 2 atom stereocenters. The summed E-state index contributed by atoms with van der Waals surface area (Å²) < 4.78 is 39.3. The third-order valence-corrected chi connectivity index (χ3v) is 4.87. The molecule has 1 amide bonds. The van der Waals surface area contributed by atoms with Gasteiger partial charge in [0.25, 0.3) is 0 Å². The highest BCUT2D eigenvalue weighted by Gasteiger charge is 2.49. The number of benzene rings is 1. The standard InChI is InChI=1S/C17H21F3N2O2/c18-17(19,20)15-4-2-1-3-12(15)13-11-14(13)16(24)22-7-5-21(6-8-22)9-10-23/h1-4,13-14,23H,5-11H2/t13-,14+/m0/s1. The third-order valence-electron chi connectivity index (χ3n) is 4.87. The van der Waals surface area contributed by atoms with Crippen molar-refractivity contribution < 1.29 is 23.1 Å². The summed E-state index contributed by atoms with van der Waals surface area (Å²) in [6.07, 6.45) is -3.90. The maximum atomic E-state index is 13.1. The van der Waals surface area contributed by atoms with Gasteiger partial charge in [0.1, 0.15) is 0 Å². The van der Waals surface area contributed by atoms with E-state index in [1.54, 1.807) is 11.0 Å². The average Bonchev–Trinajstić information content (AvgIpc) is 3.35. The van der Waals surface area contributed by atoms with E-state index in [0.29, 0.717) is 39.1 Å². The number of carbonyl (C=O) groups excluding carboxylic acids is 1. The van der Waals surface area contributed by atoms with Crippen molar-refractivity contribution in [1.82, 2.24) is 9.80 Å². The Morgan fingerprint density at radius 3 is 2.46 bits per heavy atom. The number of hydrogen-bond donors (Lipinski definition) is 1. The van der Waals surface area contributed by atoms with Gasteiger partial charge in [0.2, 0.25) is 5.91 Å². The topological polar surface area (TPSA) is 43.8 Å². The van der Waals surface area contributed by atoms with Crippen LogP contribution in [0.15, 0.2) is 24.3 Å². The van der Waals surface area contributed by atoms with Crippen LogP contribution in [0.4, 0.5) is 13.2 Å². The summed E-state index contributed by atoms with van der Waals surface area (Å²) in [6.45, 7) is 3.22. The first-order valence-corrected chi connectivity index (χ1v) is 8.20. The van der Waals surface area contributed by atoms with Crippen LogP contribution in [0.25, 0.3) is 0 Å². The molecule has 3 rings (SSSR count). The number of aliphatic hydroxyl groups excluding tert-OH is 1. The Labute approximate surface area is 138 Å². The Hall–Kier alpha value is -1.60. The van der Waals surface area contributed by atoms with Gasteiger partial charge >= 0.3 is 6.18 Å². The van der Waals surface area contributed by atoms with E-state index in [1.165, 1.54) is 12.1 Å². The molecule has 0 bridgehead atoms. The minimum Gasteiger partial charge on any atom is -0.395 e. The zero-order valence-corrected chi connectivity index (χ0v) is 13.3. The van der Waals surface area contributed by atoms with Crippen molar-refractivity contribution in [3.63, 3.8) is 0 Å². The van der Waals surface area contributed by atoms with Crippen LogP contribution < -0.4 is 0 Å². The van der Waals surface area contributed by atoms with Crippen LogP contribution in [0.5, 0.6) is 0 Å². The second kappa shape index (κ2) is 6.72. The van der Waals surface area contributed by atoms with Gasteiger partial charge in [-0.3, -0.25) is 9.69 Å². The first-order valence-electron chi connectivity index (χ1n) is 8.20. The predicted octanol–water partition coefficient (Wildman–Crippen LogP) is 1.95. The van der Waals surface area contributed by atoms with Crippen LogP contribution >= 0.6 is 0 Å². The van der Waals surface area contributed by atoms with Crippen LogP contribution in [0, 0.1) is 5.92 Å². The molecule has 1 aromatic carbocycles. The van der Waals surface area contributed by atoms with E-state index in [0.717, 1.165) is 6.07 Å². The van der Waals surface area contributed by atoms with Gasteiger partial charge in [-0.1, -0.05) is 18.2 Å². The summed E-state index contributed by atoms with van der Waals surface area (Å²) in [6, 6.07) is 5.55. The molecule has 0 unspecified atom stereocenters. The van der Waals surface area contributed by atoms with Gasteiger partial charge in [0, 0.05) is 38.6 Å². The summed E-state index contributed by atoms with van der Waals surface area (Å²) in [5.41, 5.74) is -0.389. The largest absolute Gasteiger partial charge is 0.416 e. The molecule has 1 aliphatic heterocycles. The lowest BCUT2D eigenvalue weighted by atomic mass is 10.0. The number of piperazine rings is 1. The molecule has 1 heterocycles. The maximum absolute atomic E-state index is 13.1. The summed E-state index contributed by atoms with van der Waals surface area (Å²) in [5.74, 6) is -0.704. The van der Waals surface area contributed by atoms with Gasteiger partial charge < -0.3 is 10.0 Å². The Kier molecular flexibility index (Phi) is 4.83. The number of hydrogen-bond acceptors (Lipinski definition) is 3. The van der Waals surface area contributed by atoms with Crippen LogP contribution in [0.3, 0.4) is 0 Å². The van der Waals surface area contributed by atoms with Gasteiger partial charge in [-0.15, -0.1) is 0 Å². The smallest absolute Gasteiger partial charge is 0.395 e. The molecule has 0 spiro atoms. The first-order chi connectivity index (χ1) is 11.4. The molecule has 2 aliphatic rings. The van der Waals surface area contributed by atoms with E-state index >= 15 is 0 Å². The molecule has 24 heavy (non-hydrogen) atoms. The molecule has 0 radical (unpaired) electrons. The highest BCUT2D eigenvalue weighted by molar-refractivity contribution is 5.83. The van der Waals surface area contributed by atoms with Crippen LogP contribution in [-0.4, -0.2) is 60.1 Å². The van der Waals surface area contributed by atoms with Gasteiger partial charge in [0.05, 0.1) is 12.2 Å².